The molecular weight excluding hydrogens is 254 g/mol. The van der Waals surface area contributed by atoms with Crippen LogP contribution in [0, 0.1) is 6.92 Å². The monoisotopic (exact) mass is 271 g/mol. The fourth-order valence-corrected chi connectivity index (χ4v) is 2.50. The first-order valence-electron chi connectivity index (χ1n) is 6.84. The quantitative estimate of drug-likeness (QED) is 0.865. The Labute approximate surface area is 117 Å². The Morgan fingerprint density at radius 2 is 2.20 bits per heavy atom. The van der Waals surface area contributed by atoms with Crippen molar-refractivity contribution < 1.29 is 9.32 Å². The highest BCUT2D eigenvalue weighted by atomic mass is 16.5. The van der Waals surface area contributed by atoms with Gasteiger partial charge in [0.15, 0.2) is 5.82 Å². The van der Waals surface area contributed by atoms with Crippen LogP contribution in [0.25, 0.3) is 0 Å². The number of fused-ring (bicyclic) bond motifs is 1. The van der Waals surface area contributed by atoms with Crippen LogP contribution in [0.15, 0.2) is 34.9 Å². The standard InChI is InChI=1S/C15H17N3O2/c1-11-10-14(17-20-11)16-15(19)18-9-5-4-7-12-6-2-3-8-13(12)18/h2-3,6,8,10H,4-5,7,9H2,1H3,(H,16,17,19). The van der Waals surface area contributed by atoms with Crippen molar-refractivity contribution in [3.8, 4) is 0 Å². The summed E-state index contributed by atoms with van der Waals surface area (Å²) in [5.74, 6) is 1.13. The zero-order valence-corrected chi connectivity index (χ0v) is 11.4. The summed E-state index contributed by atoms with van der Waals surface area (Å²) in [5, 5.41) is 6.58. The number of benzene rings is 1. The molecular formula is C15H17N3O2. The van der Waals surface area contributed by atoms with E-state index in [0.717, 1.165) is 31.5 Å². The number of hydrogen-bond donors (Lipinski definition) is 1. The summed E-state index contributed by atoms with van der Waals surface area (Å²) in [5.41, 5.74) is 2.21. The maximum Gasteiger partial charge on any atom is 0.327 e. The van der Waals surface area contributed by atoms with Crippen LogP contribution >= 0.6 is 0 Å². The van der Waals surface area contributed by atoms with E-state index in [1.54, 1.807) is 17.9 Å². The van der Waals surface area contributed by atoms with Crippen molar-refractivity contribution in [1.82, 2.24) is 5.16 Å². The van der Waals surface area contributed by atoms with Crippen LogP contribution in [-0.4, -0.2) is 17.7 Å². The third-order valence-electron chi connectivity index (χ3n) is 3.47. The number of carbonyl (C=O) groups excluding carboxylic acids is 1. The number of aromatic nitrogens is 1. The number of hydrogen-bond acceptors (Lipinski definition) is 3. The molecule has 2 heterocycles. The number of para-hydroxylation sites is 1. The van der Waals surface area contributed by atoms with Gasteiger partial charge in [0.05, 0.1) is 0 Å². The second kappa shape index (κ2) is 5.36. The van der Waals surface area contributed by atoms with Gasteiger partial charge in [-0.2, -0.15) is 0 Å². The van der Waals surface area contributed by atoms with E-state index in [1.807, 2.05) is 18.2 Å². The Kier molecular flexibility index (Phi) is 3.41. The number of urea groups is 1. The maximum atomic E-state index is 12.4. The van der Waals surface area contributed by atoms with Crippen molar-refractivity contribution in [2.24, 2.45) is 0 Å². The van der Waals surface area contributed by atoms with Gasteiger partial charge in [0, 0.05) is 18.3 Å². The molecule has 104 valence electrons. The van der Waals surface area contributed by atoms with E-state index in [-0.39, 0.29) is 6.03 Å². The van der Waals surface area contributed by atoms with Gasteiger partial charge in [0.1, 0.15) is 5.76 Å². The topological polar surface area (TPSA) is 58.4 Å². The SMILES string of the molecule is Cc1cc(NC(=O)N2CCCCc3ccccc32)no1. The molecule has 1 aromatic carbocycles. The minimum atomic E-state index is -0.160. The average Bonchev–Trinajstić information content (AvgIpc) is 2.74. The fraction of sp³-hybridized carbons (Fsp3) is 0.333. The number of nitrogens with zero attached hydrogens (tertiary/aromatic N) is 2. The molecule has 0 saturated carbocycles. The molecule has 0 saturated heterocycles. The van der Waals surface area contributed by atoms with Crippen molar-refractivity contribution >= 4 is 17.5 Å². The van der Waals surface area contributed by atoms with Crippen molar-refractivity contribution in [3.63, 3.8) is 0 Å². The van der Waals surface area contributed by atoms with Gasteiger partial charge in [0.2, 0.25) is 0 Å². The molecule has 1 N–H and O–H groups in total. The lowest BCUT2D eigenvalue weighted by Crippen LogP contribution is -2.35. The molecule has 5 heteroatoms. The van der Waals surface area contributed by atoms with Crippen LogP contribution in [0.1, 0.15) is 24.2 Å². The van der Waals surface area contributed by atoms with Crippen LogP contribution in [0.2, 0.25) is 0 Å². The predicted octanol–water partition coefficient (Wildman–Crippen LogP) is 3.36. The molecule has 1 aliphatic rings. The first-order valence-corrected chi connectivity index (χ1v) is 6.84. The Bertz CT molecular complexity index is 621. The van der Waals surface area contributed by atoms with Crippen molar-refractivity contribution in [3.05, 3.63) is 41.7 Å². The lowest BCUT2D eigenvalue weighted by Gasteiger charge is -2.22. The van der Waals surface area contributed by atoms with Gasteiger partial charge in [-0.3, -0.25) is 10.2 Å². The van der Waals surface area contributed by atoms with Crippen LogP contribution in [0.4, 0.5) is 16.3 Å². The average molecular weight is 271 g/mol. The fourth-order valence-electron chi connectivity index (χ4n) is 2.50. The molecule has 2 aromatic rings. The maximum absolute atomic E-state index is 12.4. The van der Waals surface area contributed by atoms with Gasteiger partial charge in [-0.1, -0.05) is 23.4 Å². The summed E-state index contributed by atoms with van der Waals surface area (Å²) in [4.78, 5) is 14.2. The summed E-state index contributed by atoms with van der Waals surface area (Å²) in [6.45, 7) is 2.52. The highest BCUT2D eigenvalue weighted by Crippen LogP contribution is 2.26. The minimum Gasteiger partial charge on any atom is -0.360 e. The summed E-state index contributed by atoms with van der Waals surface area (Å²) in [7, 11) is 0. The van der Waals surface area contributed by atoms with Gasteiger partial charge >= 0.3 is 6.03 Å². The zero-order chi connectivity index (χ0) is 13.9. The van der Waals surface area contributed by atoms with Crippen LogP contribution in [-0.2, 0) is 6.42 Å². The minimum absolute atomic E-state index is 0.160. The number of amides is 2. The Morgan fingerprint density at radius 1 is 1.35 bits per heavy atom. The van der Waals surface area contributed by atoms with E-state index in [4.69, 9.17) is 4.52 Å². The number of nitrogens with one attached hydrogen (secondary N) is 1. The number of aryl methyl sites for hydroxylation is 2. The molecule has 0 fully saturated rings. The lowest BCUT2D eigenvalue weighted by molar-refractivity contribution is 0.256. The number of anilines is 2. The van der Waals surface area contributed by atoms with E-state index in [2.05, 4.69) is 16.5 Å². The van der Waals surface area contributed by atoms with Crippen molar-refractivity contribution in [2.75, 3.05) is 16.8 Å². The highest BCUT2D eigenvalue weighted by molar-refractivity contribution is 6.01. The summed E-state index contributed by atoms with van der Waals surface area (Å²) in [6.07, 6.45) is 3.12. The number of rotatable bonds is 1. The van der Waals surface area contributed by atoms with Crippen molar-refractivity contribution in [1.29, 1.82) is 0 Å². The van der Waals surface area contributed by atoms with Gasteiger partial charge in [-0.05, 0) is 37.8 Å². The van der Waals surface area contributed by atoms with E-state index >= 15 is 0 Å². The first-order chi connectivity index (χ1) is 9.74. The Morgan fingerprint density at radius 3 is 3.00 bits per heavy atom. The van der Waals surface area contributed by atoms with Crippen molar-refractivity contribution in [2.45, 2.75) is 26.2 Å². The molecule has 2 amide bonds. The summed E-state index contributed by atoms with van der Waals surface area (Å²) >= 11 is 0. The molecule has 3 rings (SSSR count). The Balaban J connectivity index is 1.83. The van der Waals surface area contributed by atoms with Crippen LogP contribution in [0.3, 0.4) is 0 Å². The van der Waals surface area contributed by atoms with Gasteiger partial charge in [-0.15, -0.1) is 0 Å². The zero-order valence-electron chi connectivity index (χ0n) is 11.4. The van der Waals surface area contributed by atoms with E-state index in [1.165, 1.54) is 5.56 Å². The summed E-state index contributed by atoms with van der Waals surface area (Å²) < 4.78 is 4.96. The number of carbonyl (C=O) groups is 1. The van der Waals surface area contributed by atoms with Gasteiger partial charge in [0.25, 0.3) is 0 Å². The largest absolute Gasteiger partial charge is 0.360 e. The normalized spacial score (nSPS) is 14.6. The molecule has 0 spiro atoms. The van der Waals surface area contributed by atoms with Crippen LogP contribution < -0.4 is 10.2 Å². The molecule has 0 aliphatic carbocycles. The second-order valence-electron chi connectivity index (χ2n) is 4.99. The first kappa shape index (κ1) is 12.7. The third-order valence-corrected chi connectivity index (χ3v) is 3.47. The van der Waals surface area contributed by atoms with Gasteiger partial charge in [-0.25, -0.2) is 4.79 Å². The van der Waals surface area contributed by atoms with E-state index in [9.17, 15) is 4.79 Å². The smallest absolute Gasteiger partial charge is 0.327 e. The van der Waals surface area contributed by atoms with Gasteiger partial charge < -0.3 is 4.52 Å². The third kappa shape index (κ3) is 2.52. The molecule has 1 aliphatic heterocycles. The molecule has 1 aromatic heterocycles. The molecule has 20 heavy (non-hydrogen) atoms. The highest BCUT2D eigenvalue weighted by Gasteiger charge is 2.21. The molecule has 0 bridgehead atoms. The van der Waals surface area contributed by atoms with Crippen LogP contribution in [0.5, 0.6) is 0 Å². The van der Waals surface area contributed by atoms with E-state index in [0.29, 0.717) is 11.6 Å². The summed E-state index contributed by atoms with van der Waals surface area (Å²) in [6, 6.07) is 9.61. The second-order valence-corrected chi connectivity index (χ2v) is 4.99. The Hall–Kier alpha value is -2.30. The molecule has 5 nitrogen and oxygen atoms in total. The predicted molar refractivity (Wildman–Crippen MR) is 77.0 cm³/mol. The lowest BCUT2D eigenvalue weighted by atomic mass is 10.1. The molecule has 0 atom stereocenters. The molecule has 0 unspecified atom stereocenters. The molecule has 0 radical (unpaired) electrons. The van der Waals surface area contributed by atoms with E-state index < -0.39 is 0 Å².